The normalized spacial score (nSPS) is 17.6. The summed E-state index contributed by atoms with van der Waals surface area (Å²) in [6.07, 6.45) is -3.18. The van der Waals surface area contributed by atoms with E-state index in [4.69, 9.17) is 0 Å². The predicted octanol–water partition coefficient (Wildman–Crippen LogP) is 1.20. The van der Waals surface area contributed by atoms with Crippen LogP contribution >= 0.6 is 0 Å². The molecule has 0 fully saturated rings. The Morgan fingerprint density at radius 2 is 1.66 bits per heavy atom. The van der Waals surface area contributed by atoms with Gasteiger partial charge in [0, 0.05) is 18.0 Å². The molecule has 3 aromatic rings. The maximum atomic E-state index is 14.3. The number of nitrogens with one attached hydrogen (secondary N) is 3. The van der Waals surface area contributed by atoms with Crippen LogP contribution in [0.3, 0.4) is 0 Å². The Balaban J connectivity index is 1.98. The highest BCUT2D eigenvalue weighted by molar-refractivity contribution is 6.09. The minimum absolute atomic E-state index is 0.136. The topological polar surface area (TPSA) is 126 Å². The van der Waals surface area contributed by atoms with Crippen molar-refractivity contribution in [1.82, 2.24) is 19.9 Å². The summed E-state index contributed by atoms with van der Waals surface area (Å²) in [5.41, 5.74) is -8.14. The predicted molar refractivity (Wildman–Crippen MR) is 101 cm³/mol. The first-order chi connectivity index (χ1) is 15.1. The van der Waals surface area contributed by atoms with E-state index in [1.165, 1.54) is 0 Å². The Hall–Kier alpha value is -4.29. The van der Waals surface area contributed by atoms with E-state index in [1.807, 2.05) is 5.32 Å². The van der Waals surface area contributed by atoms with E-state index < -0.39 is 52.0 Å². The number of hydrogen-bond donors (Lipinski definition) is 3. The fraction of sp³-hybridized carbons (Fsp3) is 0.105. The van der Waals surface area contributed by atoms with Gasteiger partial charge in [-0.3, -0.25) is 24.4 Å². The first-order valence-corrected chi connectivity index (χ1v) is 8.83. The van der Waals surface area contributed by atoms with Crippen molar-refractivity contribution >= 4 is 17.6 Å². The van der Waals surface area contributed by atoms with Gasteiger partial charge in [0.25, 0.3) is 22.9 Å². The van der Waals surface area contributed by atoms with Crippen LogP contribution in [0.4, 0.5) is 23.4 Å². The second-order valence-electron chi connectivity index (χ2n) is 6.69. The molecule has 1 unspecified atom stereocenters. The number of aromatic amines is 1. The summed E-state index contributed by atoms with van der Waals surface area (Å²) in [6.45, 7) is 0. The van der Waals surface area contributed by atoms with Crippen LogP contribution in [-0.4, -0.2) is 32.5 Å². The summed E-state index contributed by atoms with van der Waals surface area (Å²) in [5, 5.41) is 3.48. The van der Waals surface area contributed by atoms with E-state index in [2.05, 4.69) is 4.98 Å². The standard InChI is InChI=1S/C19H11F4N5O4/c20-10-1-3-11(4-2-10)28-13-12(15(30)26-17(28)32)18(16(31)25-13,19(21,22)23)27-14(29)9-5-7-24-8-6-9/h1-8H,(H,25,31)(H,27,29)(H,26,30,32). The van der Waals surface area contributed by atoms with Crippen LogP contribution in [0.1, 0.15) is 15.9 Å². The van der Waals surface area contributed by atoms with Gasteiger partial charge in [-0.25, -0.2) is 13.8 Å². The van der Waals surface area contributed by atoms with E-state index in [-0.39, 0.29) is 11.3 Å². The first kappa shape index (κ1) is 21.0. The van der Waals surface area contributed by atoms with Gasteiger partial charge in [-0.15, -0.1) is 0 Å². The van der Waals surface area contributed by atoms with Gasteiger partial charge in [0.15, 0.2) is 0 Å². The van der Waals surface area contributed by atoms with Crippen molar-refractivity contribution in [2.75, 3.05) is 5.32 Å². The second-order valence-corrected chi connectivity index (χ2v) is 6.69. The molecule has 3 N–H and O–H groups in total. The maximum Gasteiger partial charge on any atom is 0.425 e. The third kappa shape index (κ3) is 3.05. The third-order valence-corrected chi connectivity index (χ3v) is 4.81. The second kappa shape index (κ2) is 7.14. The van der Waals surface area contributed by atoms with Crippen molar-refractivity contribution in [3.05, 3.63) is 86.6 Å². The van der Waals surface area contributed by atoms with Gasteiger partial charge in [-0.1, -0.05) is 0 Å². The number of alkyl halides is 3. The number of nitrogens with zero attached hydrogens (tertiary/aromatic N) is 2. The minimum atomic E-state index is -5.48. The van der Waals surface area contributed by atoms with Gasteiger partial charge in [-0.2, -0.15) is 13.2 Å². The number of pyridine rings is 1. The molecule has 1 aliphatic rings. The van der Waals surface area contributed by atoms with Gasteiger partial charge in [0.2, 0.25) is 0 Å². The van der Waals surface area contributed by atoms with Gasteiger partial charge in [0.1, 0.15) is 17.2 Å². The average Bonchev–Trinajstić information content (AvgIpc) is 3.03. The number of hydrogen-bond acceptors (Lipinski definition) is 5. The number of amides is 2. The van der Waals surface area contributed by atoms with Crippen LogP contribution in [0, 0.1) is 5.82 Å². The minimum Gasteiger partial charge on any atom is -0.326 e. The zero-order valence-electron chi connectivity index (χ0n) is 15.7. The zero-order chi connectivity index (χ0) is 23.3. The van der Waals surface area contributed by atoms with Crippen LogP contribution in [0.2, 0.25) is 0 Å². The Bertz CT molecular complexity index is 1350. The number of benzene rings is 1. The van der Waals surface area contributed by atoms with Crippen LogP contribution in [0.15, 0.2) is 58.4 Å². The molecule has 1 aliphatic heterocycles. The van der Waals surface area contributed by atoms with Crippen molar-refractivity contribution in [2.45, 2.75) is 11.7 Å². The summed E-state index contributed by atoms with van der Waals surface area (Å²) < 4.78 is 56.8. The van der Waals surface area contributed by atoms with E-state index in [0.29, 0.717) is 4.57 Å². The number of carbonyl (C=O) groups excluding carboxylic acids is 2. The Kier molecular flexibility index (Phi) is 4.68. The molecule has 0 spiro atoms. The van der Waals surface area contributed by atoms with Gasteiger partial charge < -0.3 is 10.6 Å². The molecule has 1 aromatic carbocycles. The lowest BCUT2D eigenvalue weighted by molar-refractivity contribution is -0.196. The summed E-state index contributed by atoms with van der Waals surface area (Å²) in [4.78, 5) is 55.5. The number of rotatable bonds is 3. The van der Waals surface area contributed by atoms with E-state index in [0.717, 1.165) is 48.8 Å². The van der Waals surface area contributed by atoms with Crippen LogP contribution in [0.25, 0.3) is 5.69 Å². The zero-order valence-corrected chi connectivity index (χ0v) is 15.7. The molecule has 0 aliphatic carbocycles. The van der Waals surface area contributed by atoms with Crippen LogP contribution < -0.4 is 21.9 Å². The molecule has 32 heavy (non-hydrogen) atoms. The molecule has 2 amide bonds. The van der Waals surface area contributed by atoms with Crippen molar-refractivity contribution in [2.24, 2.45) is 0 Å². The highest BCUT2D eigenvalue weighted by atomic mass is 19.4. The molecule has 164 valence electrons. The first-order valence-electron chi connectivity index (χ1n) is 8.83. The van der Waals surface area contributed by atoms with Gasteiger partial charge in [0.05, 0.1) is 5.69 Å². The van der Waals surface area contributed by atoms with Crippen molar-refractivity contribution in [1.29, 1.82) is 0 Å². The summed E-state index contributed by atoms with van der Waals surface area (Å²) in [5.74, 6) is -4.61. The molecule has 9 nitrogen and oxygen atoms in total. The molecule has 0 radical (unpaired) electrons. The molecule has 2 aromatic heterocycles. The fourth-order valence-electron chi connectivity index (χ4n) is 3.36. The number of anilines is 1. The van der Waals surface area contributed by atoms with Crippen molar-refractivity contribution in [3.63, 3.8) is 0 Å². The number of H-pyrrole nitrogens is 1. The molecule has 3 heterocycles. The number of aromatic nitrogens is 3. The number of carbonyl (C=O) groups is 2. The Labute approximate surface area is 174 Å². The smallest absolute Gasteiger partial charge is 0.326 e. The highest BCUT2D eigenvalue weighted by Gasteiger charge is 2.68. The molecule has 4 rings (SSSR count). The molecule has 0 bridgehead atoms. The fourth-order valence-corrected chi connectivity index (χ4v) is 3.36. The van der Waals surface area contributed by atoms with Crippen LogP contribution in [-0.2, 0) is 10.3 Å². The van der Waals surface area contributed by atoms with Gasteiger partial charge in [-0.05, 0) is 36.4 Å². The molecule has 0 saturated carbocycles. The SMILES string of the molecule is O=C(NC1(C(F)(F)F)C(=O)Nc2c1c(=O)[nH]c(=O)n2-c1ccc(F)cc1)c1ccncc1. The highest BCUT2D eigenvalue weighted by Crippen LogP contribution is 2.45. The number of halogens is 4. The van der Waals surface area contributed by atoms with Gasteiger partial charge >= 0.3 is 11.9 Å². The molecule has 1 atom stereocenters. The van der Waals surface area contributed by atoms with E-state index in [1.54, 1.807) is 10.3 Å². The Morgan fingerprint density at radius 1 is 1.03 bits per heavy atom. The summed E-state index contributed by atoms with van der Waals surface area (Å²) >= 11 is 0. The molecular formula is C19H11F4N5O4. The van der Waals surface area contributed by atoms with Crippen molar-refractivity contribution in [3.8, 4) is 5.69 Å². The van der Waals surface area contributed by atoms with Crippen LogP contribution in [0.5, 0.6) is 0 Å². The largest absolute Gasteiger partial charge is 0.425 e. The molecule has 13 heteroatoms. The lowest BCUT2D eigenvalue weighted by Crippen LogP contribution is -2.62. The average molecular weight is 449 g/mol. The Morgan fingerprint density at radius 3 is 2.25 bits per heavy atom. The number of fused-ring (bicyclic) bond motifs is 1. The molecular weight excluding hydrogens is 438 g/mol. The monoisotopic (exact) mass is 449 g/mol. The molecule has 0 saturated heterocycles. The maximum absolute atomic E-state index is 14.3. The summed E-state index contributed by atoms with van der Waals surface area (Å²) in [7, 11) is 0. The quantitative estimate of drug-likeness (QED) is 0.518. The van der Waals surface area contributed by atoms with Crippen molar-refractivity contribution < 1.29 is 27.2 Å². The lowest BCUT2D eigenvalue weighted by atomic mass is 9.91. The third-order valence-electron chi connectivity index (χ3n) is 4.81. The van der Waals surface area contributed by atoms with E-state index >= 15 is 0 Å². The lowest BCUT2D eigenvalue weighted by Gasteiger charge is -2.30. The van der Waals surface area contributed by atoms with E-state index in [9.17, 15) is 36.7 Å². The summed E-state index contributed by atoms with van der Waals surface area (Å²) in [6, 6.07) is 6.19.